The van der Waals surface area contributed by atoms with Crippen molar-refractivity contribution in [2.75, 3.05) is 46.3 Å². The summed E-state index contributed by atoms with van der Waals surface area (Å²) in [6, 6.07) is 21.2. The Kier molecular flexibility index (Phi) is 6.26. The van der Waals surface area contributed by atoms with E-state index in [1.165, 1.54) is 0 Å². The number of hydrogen-bond acceptors (Lipinski definition) is 3. The number of benzene rings is 2. The standard InChI is InChI=1S/C26H35N3O/c1-21(2)29-20-24(14-15-28-18-16-27(3)17-19-28)26(25(29)30,22-10-6-4-7-11-22)23-12-8-5-9-13-23/h4-13,21,24H,14-20H2,1-3H3/t24-/m0/s1. The minimum absolute atomic E-state index is 0.206. The smallest absolute Gasteiger partial charge is 0.238 e. The molecule has 0 radical (unpaired) electrons. The summed E-state index contributed by atoms with van der Waals surface area (Å²) in [5, 5.41) is 0. The van der Waals surface area contributed by atoms with Crippen molar-refractivity contribution in [3.8, 4) is 0 Å². The molecule has 4 nitrogen and oxygen atoms in total. The van der Waals surface area contributed by atoms with Gasteiger partial charge in [-0.1, -0.05) is 60.7 Å². The van der Waals surface area contributed by atoms with Gasteiger partial charge in [0.25, 0.3) is 0 Å². The van der Waals surface area contributed by atoms with Crippen molar-refractivity contribution < 1.29 is 4.79 Å². The van der Waals surface area contributed by atoms with Crippen LogP contribution >= 0.6 is 0 Å². The number of amides is 1. The molecule has 0 spiro atoms. The molecule has 2 aliphatic rings. The first-order valence-corrected chi connectivity index (χ1v) is 11.4. The summed E-state index contributed by atoms with van der Waals surface area (Å²) in [4.78, 5) is 21.2. The summed E-state index contributed by atoms with van der Waals surface area (Å²) in [7, 11) is 2.20. The van der Waals surface area contributed by atoms with Crippen LogP contribution in [-0.4, -0.2) is 73.0 Å². The van der Waals surface area contributed by atoms with E-state index in [2.05, 4.69) is 84.1 Å². The van der Waals surface area contributed by atoms with E-state index in [-0.39, 0.29) is 17.9 Å². The van der Waals surface area contributed by atoms with Gasteiger partial charge in [0, 0.05) is 44.7 Å². The van der Waals surface area contributed by atoms with Crippen LogP contribution in [0.5, 0.6) is 0 Å². The number of likely N-dealkylation sites (N-methyl/N-ethyl adjacent to an activating group) is 1. The molecular weight excluding hydrogens is 370 g/mol. The van der Waals surface area contributed by atoms with E-state index < -0.39 is 5.41 Å². The van der Waals surface area contributed by atoms with Crippen LogP contribution in [0, 0.1) is 5.92 Å². The molecule has 160 valence electrons. The Balaban J connectivity index is 1.72. The largest absolute Gasteiger partial charge is 0.339 e. The quantitative estimate of drug-likeness (QED) is 0.736. The predicted octanol–water partition coefficient (Wildman–Crippen LogP) is 3.48. The molecular formula is C26H35N3O. The van der Waals surface area contributed by atoms with Crippen molar-refractivity contribution in [2.45, 2.75) is 31.7 Å². The third kappa shape index (κ3) is 3.79. The summed E-state index contributed by atoms with van der Waals surface area (Å²) in [5.74, 6) is 0.523. The van der Waals surface area contributed by atoms with E-state index >= 15 is 0 Å². The highest BCUT2D eigenvalue weighted by Gasteiger charge is 2.56. The van der Waals surface area contributed by atoms with Gasteiger partial charge in [0.05, 0.1) is 0 Å². The maximum atomic E-state index is 14.1. The number of piperazine rings is 1. The Morgan fingerprint density at radius 2 is 1.43 bits per heavy atom. The van der Waals surface area contributed by atoms with Crippen LogP contribution in [0.1, 0.15) is 31.4 Å². The molecule has 2 aromatic carbocycles. The second-order valence-corrected chi connectivity index (χ2v) is 9.22. The van der Waals surface area contributed by atoms with Crippen LogP contribution in [-0.2, 0) is 10.2 Å². The summed E-state index contributed by atoms with van der Waals surface area (Å²) < 4.78 is 0. The van der Waals surface area contributed by atoms with Crippen molar-refractivity contribution in [3.63, 3.8) is 0 Å². The van der Waals surface area contributed by atoms with Gasteiger partial charge in [0.15, 0.2) is 0 Å². The van der Waals surface area contributed by atoms with Gasteiger partial charge in [-0.15, -0.1) is 0 Å². The van der Waals surface area contributed by atoms with E-state index in [0.29, 0.717) is 0 Å². The van der Waals surface area contributed by atoms with Crippen molar-refractivity contribution in [2.24, 2.45) is 5.92 Å². The number of hydrogen-bond donors (Lipinski definition) is 0. The van der Waals surface area contributed by atoms with Crippen molar-refractivity contribution in [3.05, 3.63) is 71.8 Å². The molecule has 4 heteroatoms. The molecule has 0 aliphatic carbocycles. The number of carbonyl (C=O) groups is 1. The molecule has 30 heavy (non-hydrogen) atoms. The lowest BCUT2D eigenvalue weighted by Crippen LogP contribution is -2.46. The minimum atomic E-state index is -0.598. The lowest BCUT2D eigenvalue weighted by Gasteiger charge is -2.37. The number of rotatable bonds is 6. The molecule has 2 fully saturated rings. The Morgan fingerprint density at radius 1 is 0.900 bits per heavy atom. The molecule has 0 saturated carbocycles. The first-order valence-electron chi connectivity index (χ1n) is 11.4. The van der Waals surface area contributed by atoms with Crippen LogP contribution < -0.4 is 0 Å². The SMILES string of the molecule is CC(C)N1C[C@H](CCN2CCN(C)CC2)C(c2ccccc2)(c2ccccc2)C1=O. The number of nitrogens with zero attached hydrogens (tertiary/aromatic N) is 3. The summed E-state index contributed by atoms with van der Waals surface area (Å²) in [5.41, 5.74) is 1.67. The number of likely N-dealkylation sites (tertiary alicyclic amines) is 1. The molecule has 1 amide bonds. The molecule has 0 N–H and O–H groups in total. The zero-order valence-corrected chi connectivity index (χ0v) is 18.6. The van der Waals surface area contributed by atoms with Crippen LogP contribution in [0.4, 0.5) is 0 Å². The van der Waals surface area contributed by atoms with Gasteiger partial charge in [0.1, 0.15) is 5.41 Å². The Labute approximate surface area is 181 Å². The first kappa shape index (κ1) is 21.1. The van der Waals surface area contributed by atoms with Gasteiger partial charge in [-0.25, -0.2) is 0 Å². The van der Waals surface area contributed by atoms with Gasteiger partial charge in [-0.3, -0.25) is 4.79 Å². The minimum Gasteiger partial charge on any atom is -0.339 e. The van der Waals surface area contributed by atoms with Gasteiger partial charge >= 0.3 is 0 Å². The molecule has 1 atom stereocenters. The fourth-order valence-electron chi connectivity index (χ4n) is 5.31. The van der Waals surface area contributed by atoms with Gasteiger partial charge < -0.3 is 14.7 Å². The van der Waals surface area contributed by atoms with Gasteiger partial charge in [-0.05, 0) is 45.0 Å². The zero-order valence-electron chi connectivity index (χ0n) is 18.6. The highest BCUT2D eigenvalue weighted by atomic mass is 16.2. The molecule has 2 aliphatic heterocycles. The lowest BCUT2D eigenvalue weighted by molar-refractivity contribution is -0.132. The normalized spacial score (nSPS) is 22.7. The van der Waals surface area contributed by atoms with E-state index in [1.54, 1.807) is 0 Å². The molecule has 2 saturated heterocycles. The van der Waals surface area contributed by atoms with Gasteiger partial charge in [-0.2, -0.15) is 0 Å². The van der Waals surface area contributed by atoms with Crippen molar-refractivity contribution in [1.82, 2.24) is 14.7 Å². The second kappa shape index (κ2) is 8.91. The average molecular weight is 406 g/mol. The van der Waals surface area contributed by atoms with Crippen LogP contribution in [0.2, 0.25) is 0 Å². The van der Waals surface area contributed by atoms with Gasteiger partial charge in [0.2, 0.25) is 5.91 Å². The first-order chi connectivity index (χ1) is 14.5. The third-order valence-corrected chi connectivity index (χ3v) is 7.10. The Morgan fingerprint density at radius 3 is 1.93 bits per heavy atom. The third-order valence-electron chi connectivity index (χ3n) is 7.10. The lowest BCUT2D eigenvalue weighted by atomic mass is 9.66. The summed E-state index contributed by atoms with van der Waals surface area (Å²) in [6.45, 7) is 10.7. The van der Waals surface area contributed by atoms with Crippen LogP contribution in [0.15, 0.2) is 60.7 Å². The molecule has 0 bridgehead atoms. The molecule has 2 heterocycles. The molecule has 0 aromatic heterocycles. The molecule has 2 aromatic rings. The van der Waals surface area contributed by atoms with Crippen molar-refractivity contribution in [1.29, 1.82) is 0 Å². The van der Waals surface area contributed by atoms with E-state index in [4.69, 9.17) is 0 Å². The maximum Gasteiger partial charge on any atom is 0.238 e. The Hall–Kier alpha value is -2.17. The predicted molar refractivity (Wildman–Crippen MR) is 123 cm³/mol. The van der Waals surface area contributed by atoms with E-state index in [9.17, 15) is 4.79 Å². The summed E-state index contributed by atoms with van der Waals surface area (Å²) in [6.07, 6.45) is 1.03. The monoisotopic (exact) mass is 405 g/mol. The average Bonchev–Trinajstić information content (AvgIpc) is 3.08. The van der Waals surface area contributed by atoms with Crippen LogP contribution in [0.25, 0.3) is 0 Å². The maximum absolute atomic E-state index is 14.1. The second-order valence-electron chi connectivity index (χ2n) is 9.22. The molecule has 4 rings (SSSR count). The topological polar surface area (TPSA) is 26.8 Å². The summed E-state index contributed by atoms with van der Waals surface area (Å²) >= 11 is 0. The highest BCUT2D eigenvalue weighted by Crippen LogP contribution is 2.48. The van der Waals surface area contributed by atoms with E-state index in [0.717, 1.165) is 56.8 Å². The van der Waals surface area contributed by atoms with Crippen molar-refractivity contribution >= 4 is 5.91 Å². The van der Waals surface area contributed by atoms with Crippen LogP contribution in [0.3, 0.4) is 0 Å². The highest BCUT2D eigenvalue weighted by molar-refractivity contribution is 5.95. The molecule has 0 unspecified atom stereocenters. The fourth-order valence-corrected chi connectivity index (χ4v) is 5.31. The van der Waals surface area contributed by atoms with E-state index in [1.807, 2.05) is 12.1 Å². The fraction of sp³-hybridized carbons (Fsp3) is 0.500. The zero-order chi connectivity index (χ0) is 21.1. The number of carbonyl (C=O) groups excluding carboxylic acids is 1. The Bertz CT molecular complexity index is 788.